The van der Waals surface area contributed by atoms with Crippen LogP contribution in [0.3, 0.4) is 0 Å². The number of nitrogens with one attached hydrogen (secondary N) is 2. The summed E-state index contributed by atoms with van der Waals surface area (Å²) in [4.78, 5) is 11.8. The molecule has 0 fully saturated rings. The van der Waals surface area contributed by atoms with Gasteiger partial charge in [-0.1, -0.05) is 35.3 Å². The SMILES string of the molecule is O=C(CCNS(=O)(=O)c1ccccc1Cl)Nc1ccc(OC(F)F)c(Cl)c1. The number of carbonyl (C=O) groups excluding carboxylic acids is 1. The maximum Gasteiger partial charge on any atom is 0.387 e. The summed E-state index contributed by atoms with van der Waals surface area (Å²) in [6.07, 6.45) is -0.170. The van der Waals surface area contributed by atoms with Gasteiger partial charge in [-0.3, -0.25) is 4.79 Å². The predicted molar refractivity (Wildman–Crippen MR) is 98.0 cm³/mol. The topological polar surface area (TPSA) is 84.5 Å². The van der Waals surface area contributed by atoms with Crippen molar-refractivity contribution in [1.29, 1.82) is 0 Å². The Hall–Kier alpha value is -1.94. The molecule has 146 valence electrons. The minimum absolute atomic E-state index is 0.0650. The Bertz CT molecular complexity index is 926. The third-order valence-corrected chi connectivity index (χ3v) is 5.46. The molecule has 0 saturated carbocycles. The van der Waals surface area contributed by atoms with Gasteiger partial charge in [-0.25, -0.2) is 13.1 Å². The molecule has 2 N–H and O–H groups in total. The zero-order valence-electron chi connectivity index (χ0n) is 13.6. The average molecular weight is 439 g/mol. The molecule has 0 bridgehead atoms. The lowest BCUT2D eigenvalue weighted by atomic mass is 10.3. The molecular weight excluding hydrogens is 425 g/mol. The summed E-state index contributed by atoms with van der Waals surface area (Å²) in [5.41, 5.74) is 0.251. The van der Waals surface area contributed by atoms with Crippen LogP contribution in [-0.4, -0.2) is 27.5 Å². The van der Waals surface area contributed by atoms with Gasteiger partial charge in [0.15, 0.2) is 0 Å². The number of halogens is 4. The van der Waals surface area contributed by atoms with Crippen LogP contribution < -0.4 is 14.8 Å². The van der Waals surface area contributed by atoms with Crippen molar-refractivity contribution < 1.29 is 26.7 Å². The van der Waals surface area contributed by atoms with Gasteiger partial charge in [0.1, 0.15) is 10.6 Å². The van der Waals surface area contributed by atoms with E-state index in [0.29, 0.717) is 0 Å². The number of benzene rings is 2. The Labute approximate surface area is 164 Å². The molecule has 0 atom stereocenters. The Morgan fingerprint density at radius 2 is 1.81 bits per heavy atom. The van der Waals surface area contributed by atoms with E-state index >= 15 is 0 Å². The summed E-state index contributed by atoms with van der Waals surface area (Å²) in [7, 11) is -3.85. The molecule has 0 aliphatic heterocycles. The monoisotopic (exact) mass is 438 g/mol. The van der Waals surface area contributed by atoms with Crippen LogP contribution in [0.1, 0.15) is 6.42 Å². The first-order valence-electron chi connectivity index (χ1n) is 7.47. The molecule has 2 aromatic carbocycles. The van der Waals surface area contributed by atoms with Gasteiger partial charge in [0.05, 0.1) is 10.0 Å². The molecule has 0 radical (unpaired) electrons. The second kappa shape index (κ2) is 9.32. The quantitative estimate of drug-likeness (QED) is 0.654. The fraction of sp³-hybridized carbons (Fsp3) is 0.188. The van der Waals surface area contributed by atoms with E-state index in [0.717, 1.165) is 0 Å². The largest absolute Gasteiger partial charge is 0.433 e. The normalized spacial score (nSPS) is 11.4. The first kappa shape index (κ1) is 21.4. The fourth-order valence-electron chi connectivity index (χ4n) is 2.03. The highest BCUT2D eigenvalue weighted by molar-refractivity contribution is 7.89. The fourth-order valence-corrected chi connectivity index (χ4v) is 3.81. The highest BCUT2D eigenvalue weighted by atomic mass is 35.5. The molecule has 27 heavy (non-hydrogen) atoms. The number of anilines is 1. The van der Waals surface area contributed by atoms with Gasteiger partial charge in [-0.05, 0) is 30.3 Å². The van der Waals surface area contributed by atoms with Crippen molar-refractivity contribution in [2.45, 2.75) is 17.9 Å². The minimum atomic E-state index is -3.85. The van der Waals surface area contributed by atoms with Crippen molar-refractivity contribution in [3.05, 3.63) is 52.5 Å². The van der Waals surface area contributed by atoms with E-state index in [-0.39, 0.29) is 39.3 Å². The van der Waals surface area contributed by atoms with Crippen molar-refractivity contribution in [3.63, 3.8) is 0 Å². The maximum absolute atomic E-state index is 12.2. The summed E-state index contributed by atoms with van der Waals surface area (Å²) in [5, 5.41) is 2.43. The number of sulfonamides is 1. The summed E-state index contributed by atoms with van der Waals surface area (Å²) >= 11 is 11.6. The van der Waals surface area contributed by atoms with Crippen molar-refractivity contribution in [3.8, 4) is 5.75 Å². The Morgan fingerprint density at radius 1 is 1.11 bits per heavy atom. The van der Waals surface area contributed by atoms with Crippen LogP contribution >= 0.6 is 23.2 Å². The smallest absolute Gasteiger partial charge is 0.387 e. The predicted octanol–water partition coefficient (Wildman–Crippen LogP) is 3.90. The van der Waals surface area contributed by atoms with Gasteiger partial charge in [0.25, 0.3) is 0 Å². The Balaban J connectivity index is 1.89. The summed E-state index contributed by atoms with van der Waals surface area (Å²) in [5.74, 6) is -0.729. The number of hydrogen-bond donors (Lipinski definition) is 2. The molecule has 6 nitrogen and oxygen atoms in total. The van der Waals surface area contributed by atoms with E-state index in [1.165, 1.54) is 36.4 Å². The van der Waals surface area contributed by atoms with Gasteiger partial charge >= 0.3 is 6.61 Å². The molecule has 1 amide bonds. The Kier molecular flexibility index (Phi) is 7.37. The zero-order chi connectivity index (χ0) is 20.0. The van der Waals surface area contributed by atoms with Crippen molar-refractivity contribution in [2.24, 2.45) is 0 Å². The number of ether oxygens (including phenoxy) is 1. The zero-order valence-corrected chi connectivity index (χ0v) is 15.9. The van der Waals surface area contributed by atoms with Gasteiger partial charge < -0.3 is 10.1 Å². The third-order valence-electron chi connectivity index (χ3n) is 3.20. The molecule has 0 unspecified atom stereocenters. The van der Waals surface area contributed by atoms with Crippen molar-refractivity contribution >= 4 is 44.8 Å². The molecule has 2 rings (SSSR count). The van der Waals surface area contributed by atoms with Crippen LogP contribution in [0.2, 0.25) is 10.0 Å². The molecular formula is C16H14Cl2F2N2O4S. The highest BCUT2D eigenvalue weighted by Crippen LogP contribution is 2.29. The highest BCUT2D eigenvalue weighted by Gasteiger charge is 2.17. The van der Waals surface area contributed by atoms with Gasteiger partial charge in [-0.15, -0.1) is 0 Å². The summed E-state index contributed by atoms with van der Waals surface area (Å²) < 4.78 is 55.1. The maximum atomic E-state index is 12.2. The molecule has 0 aliphatic rings. The Morgan fingerprint density at radius 3 is 2.44 bits per heavy atom. The molecule has 11 heteroatoms. The second-order valence-electron chi connectivity index (χ2n) is 5.15. The van der Waals surface area contributed by atoms with Gasteiger partial charge in [0.2, 0.25) is 15.9 Å². The van der Waals surface area contributed by atoms with Gasteiger partial charge in [0, 0.05) is 18.7 Å². The molecule has 0 aromatic heterocycles. The first-order valence-corrected chi connectivity index (χ1v) is 9.71. The van der Waals surface area contributed by atoms with E-state index < -0.39 is 22.5 Å². The second-order valence-corrected chi connectivity index (χ2v) is 7.70. The molecule has 0 spiro atoms. The molecule has 0 heterocycles. The van der Waals surface area contributed by atoms with E-state index in [1.54, 1.807) is 6.07 Å². The van der Waals surface area contributed by atoms with Crippen LogP contribution in [0, 0.1) is 0 Å². The lowest BCUT2D eigenvalue weighted by molar-refractivity contribution is -0.116. The standard InChI is InChI=1S/C16H14Cl2F2N2O4S/c17-11-3-1-2-4-14(11)27(24,25)21-8-7-15(23)22-10-5-6-13(12(18)9-10)26-16(19)20/h1-6,9,16,21H,7-8H2,(H,22,23). The lowest BCUT2D eigenvalue weighted by Gasteiger charge is -2.10. The van der Waals surface area contributed by atoms with E-state index in [4.69, 9.17) is 23.2 Å². The average Bonchev–Trinajstić information content (AvgIpc) is 2.57. The van der Waals surface area contributed by atoms with Crippen LogP contribution in [0.4, 0.5) is 14.5 Å². The van der Waals surface area contributed by atoms with Crippen molar-refractivity contribution in [1.82, 2.24) is 4.72 Å². The number of amides is 1. The van der Waals surface area contributed by atoms with Crippen LogP contribution in [-0.2, 0) is 14.8 Å². The lowest BCUT2D eigenvalue weighted by Crippen LogP contribution is -2.28. The molecule has 0 aliphatic carbocycles. The van der Waals surface area contributed by atoms with Crippen LogP contribution in [0.5, 0.6) is 5.75 Å². The third kappa shape index (κ3) is 6.31. The van der Waals surface area contributed by atoms with Gasteiger partial charge in [-0.2, -0.15) is 8.78 Å². The van der Waals surface area contributed by atoms with Crippen LogP contribution in [0.15, 0.2) is 47.4 Å². The van der Waals surface area contributed by atoms with E-state index in [9.17, 15) is 22.0 Å². The number of alkyl halides is 2. The number of hydrogen-bond acceptors (Lipinski definition) is 4. The van der Waals surface area contributed by atoms with Crippen LogP contribution in [0.25, 0.3) is 0 Å². The van der Waals surface area contributed by atoms with E-state index in [2.05, 4.69) is 14.8 Å². The number of carbonyl (C=O) groups is 1. The molecule has 2 aromatic rings. The summed E-state index contributed by atoms with van der Waals surface area (Å²) in [6.45, 7) is -3.19. The first-order chi connectivity index (χ1) is 12.7. The number of rotatable bonds is 8. The molecule has 0 saturated heterocycles. The minimum Gasteiger partial charge on any atom is -0.433 e. The van der Waals surface area contributed by atoms with Crippen molar-refractivity contribution in [2.75, 3.05) is 11.9 Å². The summed E-state index contributed by atoms with van der Waals surface area (Å²) in [6, 6.07) is 9.66. The van der Waals surface area contributed by atoms with E-state index in [1.807, 2.05) is 0 Å².